The van der Waals surface area contributed by atoms with Crippen LogP contribution < -0.4 is 5.73 Å². The number of thioether (sulfide) groups is 1. The molecule has 2 N–H and O–H groups in total. The van der Waals surface area contributed by atoms with Crippen LogP contribution in [-0.2, 0) is 5.75 Å². The van der Waals surface area contributed by atoms with Crippen molar-refractivity contribution in [1.82, 2.24) is 0 Å². The van der Waals surface area contributed by atoms with Crippen LogP contribution in [0.4, 0.5) is 10.1 Å². The first kappa shape index (κ1) is 12.3. The molecular weight excluding hydrogens is 257 g/mol. The number of nitrogens with two attached hydrogens (primary N) is 1. The van der Waals surface area contributed by atoms with Gasteiger partial charge in [0.25, 0.3) is 0 Å². The zero-order valence-corrected chi connectivity index (χ0v) is 10.6. The van der Waals surface area contributed by atoms with Gasteiger partial charge < -0.3 is 5.73 Å². The lowest BCUT2D eigenvalue weighted by atomic mass is 10.2. The maximum absolute atomic E-state index is 13.2. The molecule has 1 nitrogen and oxygen atoms in total. The Kier molecular flexibility index (Phi) is 3.92. The molecule has 0 bridgehead atoms. The number of hydrogen-bond acceptors (Lipinski definition) is 2. The first-order valence-electron chi connectivity index (χ1n) is 5.08. The smallest absolute Gasteiger partial charge is 0.142 e. The quantitative estimate of drug-likeness (QED) is 0.661. The number of hydrogen-bond donors (Lipinski definition) is 1. The van der Waals surface area contributed by atoms with Crippen LogP contribution in [0.5, 0.6) is 0 Å². The molecule has 0 unspecified atom stereocenters. The summed E-state index contributed by atoms with van der Waals surface area (Å²) in [5.74, 6) is 0.285. The predicted octanol–water partition coefficient (Wildman–Crippen LogP) is 4.35. The summed E-state index contributed by atoms with van der Waals surface area (Å²) in [5, 5.41) is 0.151. The Morgan fingerprint density at radius 1 is 1.18 bits per heavy atom. The van der Waals surface area contributed by atoms with Crippen LogP contribution in [0.1, 0.15) is 5.56 Å². The number of nitrogen functional groups attached to an aromatic ring is 1. The molecule has 17 heavy (non-hydrogen) atoms. The minimum absolute atomic E-state index is 0.151. The lowest BCUT2D eigenvalue weighted by Gasteiger charge is -2.05. The van der Waals surface area contributed by atoms with Crippen molar-refractivity contribution < 1.29 is 4.39 Å². The van der Waals surface area contributed by atoms with Crippen molar-refractivity contribution in [3.63, 3.8) is 0 Å². The summed E-state index contributed by atoms with van der Waals surface area (Å²) >= 11 is 7.20. The van der Waals surface area contributed by atoms with E-state index in [1.54, 1.807) is 17.8 Å². The number of benzene rings is 2. The molecule has 2 aromatic rings. The summed E-state index contributed by atoms with van der Waals surface area (Å²) in [6.45, 7) is 0. The highest BCUT2D eigenvalue weighted by molar-refractivity contribution is 7.98. The minimum Gasteiger partial charge on any atom is -0.398 e. The third-order valence-corrected chi connectivity index (χ3v) is 3.76. The van der Waals surface area contributed by atoms with Gasteiger partial charge in [0.15, 0.2) is 0 Å². The highest BCUT2D eigenvalue weighted by atomic mass is 35.5. The van der Waals surface area contributed by atoms with E-state index in [2.05, 4.69) is 0 Å². The molecule has 0 aliphatic carbocycles. The lowest BCUT2D eigenvalue weighted by Crippen LogP contribution is -1.89. The summed E-state index contributed by atoms with van der Waals surface area (Å²) in [7, 11) is 0. The highest BCUT2D eigenvalue weighted by Gasteiger charge is 2.03. The van der Waals surface area contributed by atoms with Crippen LogP contribution in [0.2, 0.25) is 5.02 Å². The Bertz CT molecular complexity index is 531. The molecule has 0 spiro atoms. The first-order valence-corrected chi connectivity index (χ1v) is 6.44. The average Bonchev–Trinajstić information content (AvgIpc) is 2.32. The fourth-order valence-corrected chi connectivity index (χ4v) is 2.43. The van der Waals surface area contributed by atoms with E-state index in [-0.39, 0.29) is 10.8 Å². The number of para-hydroxylation sites is 1. The van der Waals surface area contributed by atoms with Crippen LogP contribution in [0.3, 0.4) is 0 Å². The van der Waals surface area contributed by atoms with Gasteiger partial charge in [0.05, 0.1) is 5.02 Å². The molecule has 0 heterocycles. The van der Waals surface area contributed by atoms with Crippen LogP contribution >= 0.6 is 23.4 Å². The van der Waals surface area contributed by atoms with E-state index in [1.807, 2.05) is 30.3 Å². The van der Waals surface area contributed by atoms with E-state index in [4.69, 9.17) is 17.3 Å². The Balaban J connectivity index is 2.08. The van der Waals surface area contributed by atoms with E-state index in [0.29, 0.717) is 5.75 Å². The van der Waals surface area contributed by atoms with Crippen molar-refractivity contribution in [3.05, 3.63) is 58.9 Å². The molecule has 0 radical (unpaired) electrons. The van der Waals surface area contributed by atoms with Gasteiger partial charge in [-0.1, -0.05) is 29.8 Å². The van der Waals surface area contributed by atoms with E-state index < -0.39 is 0 Å². The van der Waals surface area contributed by atoms with Crippen LogP contribution in [0, 0.1) is 5.82 Å². The summed E-state index contributed by atoms with van der Waals surface area (Å²) in [6.07, 6.45) is 0. The van der Waals surface area contributed by atoms with Gasteiger partial charge in [-0.25, -0.2) is 4.39 Å². The number of halogens is 2. The summed E-state index contributed by atoms with van der Waals surface area (Å²) < 4.78 is 13.2. The molecular formula is C13H11ClFNS. The molecule has 0 atom stereocenters. The van der Waals surface area contributed by atoms with Gasteiger partial charge in [-0.2, -0.15) is 0 Å². The Labute approximate surface area is 109 Å². The monoisotopic (exact) mass is 267 g/mol. The molecule has 0 aliphatic heterocycles. The molecule has 0 aromatic heterocycles. The normalized spacial score (nSPS) is 10.5. The van der Waals surface area contributed by atoms with Crippen LogP contribution in [-0.4, -0.2) is 0 Å². The van der Waals surface area contributed by atoms with Gasteiger partial charge in [0, 0.05) is 16.3 Å². The second-order valence-electron chi connectivity index (χ2n) is 3.57. The first-order chi connectivity index (χ1) is 8.16. The zero-order valence-electron chi connectivity index (χ0n) is 8.99. The van der Waals surface area contributed by atoms with Gasteiger partial charge in [0.2, 0.25) is 0 Å². The van der Waals surface area contributed by atoms with Crippen molar-refractivity contribution in [2.24, 2.45) is 0 Å². The Hall–Kier alpha value is -1.19. The third-order valence-electron chi connectivity index (χ3n) is 2.30. The van der Waals surface area contributed by atoms with Crippen molar-refractivity contribution in [3.8, 4) is 0 Å². The Morgan fingerprint density at radius 2 is 1.94 bits per heavy atom. The topological polar surface area (TPSA) is 26.0 Å². The molecule has 0 saturated carbocycles. The maximum atomic E-state index is 13.2. The third kappa shape index (κ3) is 3.14. The summed E-state index contributed by atoms with van der Waals surface area (Å²) in [4.78, 5) is 1.00. The van der Waals surface area contributed by atoms with Gasteiger partial charge in [-0.3, -0.25) is 0 Å². The molecule has 0 aliphatic rings. The van der Waals surface area contributed by atoms with E-state index in [0.717, 1.165) is 16.1 Å². The van der Waals surface area contributed by atoms with Crippen molar-refractivity contribution in [2.75, 3.05) is 5.73 Å². The van der Waals surface area contributed by atoms with Crippen molar-refractivity contribution in [2.45, 2.75) is 10.6 Å². The summed E-state index contributed by atoms with van der Waals surface area (Å²) in [5.41, 5.74) is 7.45. The van der Waals surface area contributed by atoms with Gasteiger partial charge >= 0.3 is 0 Å². The fraction of sp³-hybridized carbons (Fsp3) is 0.0769. The van der Waals surface area contributed by atoms with Crippen molar-refractivity contribution in [1.29, 1.82) is 0 Å². The molecule has 0 fully saturated rings. The summed E-state index contributed by atoms with van der Waals surface area (Å²) in [6, 6.07) is 12.5. The van der Waals surface area contributed by atoms with Crippen molar-refractivity contribution >= 4 is 29.1 Å². The van der Waals surface area contributed by atoms with Gasteiger partial charge in [-0.05, 0) is 29.8 Å². The molecule has 88 valence electrons. The van der Waals surface area contributed by atoms with E-state index >= 15 is 0 Å². The molecule has 2 rings (SSSR count). The molecule has 0 amide bonds. The van der Waals surface area contributed by atoms with Crippen LogP contribution in [0.15, 0.2) is 47.4 Å². The Morgan fingerprint density at radius 3 is 2.65 bits per heavy atom. The SMILES string of the molecule is Nc1ccccc1SCc1ccc(Cl)c(F)c1. The zero-order chi connectivity index (χ0) is 12.3. The number of anilines is 1. The van der Waals surface area contributed by atoms with Gasteiger partial charge in [-0.15, -0.1) is 11.8 Å². The second kappa shape index (κ2) is 5.43. The van der Waals surface area contributed by atoms with E-state index in [9.17, 15) is 4.39 Å². The fourth-order valence-electron chi connectivity index (χ4n) is 1.40. The van der Waals surface area contributed by atoms with E-state index in [1.165, 1.54) is 6.07 Å². The second-order valence-corrected chi connectivity index (χ2v) is 5.00. The standard InChI is InChI=1S/C13H11ClFNS/c14-10-6-5-9(7-11(10)15)8-17-13-4-2-1-3-12(13)16/h1-7H,8,16H2. The molecule has 0 saturated heterocycles. The lowest BCUT2D eigenvalue weighted by molar-refractivity contribution is 0.627. The highest BCUT2D eigenvalue weighted by Crippen LogP contribution is 2.28. The largest absolute Gasteiger partial charge is 0.398 e. The molecule has 4 heteroatoms. The maximum Gasteiger partial charge on any atom is 0.142 e. The number of rotatable bonds is 3. The minimum atomic E-state index is -0.384. The van der Waals surface area contributed by atoms with Crippen LogP contribution in [0.25, 0.3) is 0 Å². The average molecular weight is 268 g/mol. The predicted molar refractivity (Wildman–Crippen MR) is 71.8 cm³/mol. The van der Waals surface area contributed by atoms with Gasteiger partial charge in [0.1, 0.15) is 5.82 Å². The molecule has 2 aromatic carbocycles.